The summed E-state index contributed by atoms with van der Waals surface area (Å²) >= 11 is 0. The van der Waals surface area contributed by atoms with Gasteiger partial charge in [-0.25, -0.2) is 9.59 Å². The molecule has 0 bridgehead atoms. The van der Waals surface area contributed by atoms with Crippen molar-refractivity contribution in [3.8, 4) is 0 Å². The van der Waals surface area contributed by atoms with Gasteiger partial charge < -0.3 is 14.7 Å². The molecule has 2 N–H and O–H groups in total. The lowest BCUT2D eigenvalue weighted by Crippen LogP contribution is -2.17. The Bertz CT molecular complexity index is 445. The standard InChI is InChI=1S/C10H16N2O.C2H2O4/c1-7-4-9(12(3)6-7)10-5-8(2)11-13-10;3-1(4)2(5)6/h5,7,9H,4,6H2,1-3H3;(H,3,4)(H,5,6)/t7-,9-;/m0./s1. The molecule has 2 atom stereocenters. The number of aryl methyl sites for hydroxylation is 1. The number of hydrogen-bond acceptors (Lipinski definition) is 5. The van der Waals surface area contributed by atoms with E-state index in [0.29, 0.717) is 6.04 Å². The zero-order chi connectivity index (χ0) is 14.6. The minimum absolute atomic E-state index is 0.441. The molecule has 1 aromatic rings. The maximum atomic E-state index is 9.10. The summed E-state index contributed by atoms with van der Waals surface area (Å²) in [4.78, 5) is 20.5. The maximum Gasteiger partial charge on any atom is 0.414 e. The summed E-state index contributed by atoms with van der Waals surface area (Å²) in [5, 5.41) is 18.7. The van der Waals surface area contributed by atoms with Crippen molar-refractivity contribution in [3.63, 3.8) is 0 Å². The van der Waals surface area contributed by atoms with Gasteiger partial charge in [-0.2, -0.15) is 0 Å². The molecule has 0 unspecified atom stereocenters. The third-order valence-electron chi connectivity index (χ3n) is 2.91. The molecule has 0 aromatic carbocycles. The molecule has 19 heavy (non-hydrogen) atoms. The van der Waals surface area contributed by atoms with Crippen molar-refractivity contribution in [3.05, 3.63) is 17.5 Å². The van der Waals surface area contributed by atoms with E-state index in [9.17, 15) is 0 Å². The van der Waals surface area contributed by atoms with Gasteiger partial charge in [-0.05, 0) is 26.3 Å². The fourth-order valence-electron chi connectivity index (χ4n) is 2.13. The molecule has 106 valence electrons. The van der Waals surface area contributed by atoms with Gasteiger partial charge in [-0.3, -0.25) is 4.90 Å². The number of carboxylic acids is 2. The minimum Gasteiger partial charge on any atom is -0.473 e. The molecular formula is C12H18N2O5. The lowest BCUT2D eigenvalue weighted by Gasteiger charge is -2.15. The highest BCUT2D eigenvalue weighted by Crippen LogP contribution is 2.33. The number of likely N-dealkylation sites (tertiary alicyclic amines) is 1. The molecule has 2 rings (SSSR count). The highest BCUT2D eigenvalue weighted by atomic mass is 16.5. The van der Waals surface area contributed by atoms with E-state index in [2.05, 4.69) is 24.0 Å². The largest absolute Gasteiger partial charge is 0.473 e. The number of carboxylic acid groups (broad SMARTS) is 2. The second-order valence-corrected chi connectivity index (χ2v) is 4.78. The van der Waals surface area contributed by atoms with E-state index < -0.39 is 11.9 Å². The second kappa shape index (κ2) is 6.33. The first-order valence-electron chi connectivity index (χ1n) is 5.91. The summed E-state index contributed by atoms with van der Waals surface area (Å²) in [6.45, 7) is 5.40. The van der Waals surface area contributed by atoms with Crippen LogP contribution >= 0.6 is 0 Å². The van der Waals surface area contributed by atoms with Gasteiger partial charge in [0.25, 0.3) is 0 Å². The molecule has 0 amide bonds. The average molecular weight is 270 g/mol. The third-order valence-corrected chi connectivity index (χ3v) is 2.91. The molecule has 7 heteroatoms. The minimum atomic E-state index is -1.82. The number of nitrogens with zero attached hydrogens (tertiary/aromatic N) is 2. The van der Waals surface area contributed by atoms with Crippen LogP contribution in [0.25, 0.3) is 0 Å². The van der Waals surface area contributed by atoms with Crippen LogP contribution in [0, 0.1) is 12.8 Å². The van der Waals surface area contributed by atoms with Gasteiger partial charge in [0.05, 0.1) is 11.7 Å². The van der Waals surface area contributed by atoms with Crippen molar-refractivity contribution >= 4 is 11.9 Å². The van der Waals surface area contributed by atoms with Gasteiger partial charge in [0.15, 0.2) is 5.76 Å². The van der Waals surface area contributed by atoms with E-state index in [1.54, 1.807) is 0 Å². The van der Waals surface area contributed by atoms with Crippen LogP contribution in [-0.2, 0) is 9.59 Å². The Labute approximate surface area is 110 Å². The first kappa shape index (κ1) is 15.2. The predicted molar refractivity (Wildman–Crippen MR) is 65.7 cm³/mol. The molecule has 1 aliphatic heterocycles. The topological polar surface area (TPSA) is 104 Å². The molecule has 1 saturated heterocycles. The quantitative estimate of drug-likeness (QED) is 0.737. The molecule has 1 fully saturated rings. The first-order chi connectivity index (χ1) is 8.81. The van der Waals surface area contributed by atoms with E-state index in [-0.39, 0.29) is 0 Å². The van der Waals surface area contributed by atoms with E-state index in [0.717, 1.165) is 23.9 Å². The average Bonchev–Trinajstić information content (AvgIpc) is 2.85. The summed E-state index contributed by atoms with van der Waals surface area (Å²) in [6.07, 6.45) is 1.19. The van der Waals surface area contributed by atoms with E-state index >= 15 is 0 Å². The Morgan fingerprint density at radius 2 is 2.00 bits per heavy atom. The second-order valence-electron chi connectivity index (χ2n) is 4.78. The van der Waals surface area contributed by atoms with E-state index in [1.807, 2.05) is 13.0 Å². The fourth-order valence-corrected chi connectivity index (χ4v) is 2.13. The third kappa shape index (κ3) is 4.36. The Morgan fingerprint density at radius 1 is 1.42 bits per heavy atom. The SMILES string of the molecule is Cc1cc([C@@H]2C[C@H](C)CN2C)on1.O=C(O)C(=O)O. The van der Waals surface area contributed by atoms with Gasteiger partial charge in [-0.1, -0.05) is 12.1 Å². The Balaban J connectivity index is 0.000000258. The van der Waals surface area contributed by atoms with Gasteiger partial charge in [0, 0.05) is 12.6 Å². The van der Waals surface area contributed by atoms with E-state index in [1.165, 1.54) is 6.42 Å². The molecule has 0 spiro atoms. The normalized spacial score (nSPS) is 22.7. The van der Waals surface area contributed by atoms with E-state index in [4.69, 9.17) is 24.3 Å². The number of hydrogen-bond donors (Lipinski definition) is 2. The number of aromatic nitrogens is 1. The van der Waals surface area contributed by atoms with Crippen molar-refractivity contribution in [2.45, 2.75) is 26.3 Å². The molecule has 2 heterocycles. The van der Waals surface area contributed by atoms with Gasteiger partial charge in [0.2, 0.25) is 0 Å². The van der Waals surface area contributed by atoms with Crippen LogP contribution in [0.2, 0.25) is 0 Å². The molecular weight excluding hydrogens is 252 g/mol. The van der Waals surface area contributed by atoms with Gasteiger partial charge >= 0.3 is 11.9 Å². The number of rotatable bonds is 1. The molecule has 1 aliphatic rings. The highest BCUT2D eigenvalue weighted by molar-refractivity contribution is 6.27. The van der Waals surface area contributed by atoms with Crippen molar-refractivity contribution in [2.24, 2.45) is 5.92 Å². The Hall–Kier alpha value is -1.89. The fraction of sp³-hybridized carbons (Fsp3) is 0.583. The monoisotopic (exact) mass is 270 g/mol. The number of aliphatic carboxylic acids is 2. The van der Waals surface area contributed by atoms with Crippen molar-refractivity contribution in [2.75, 3.05) is 13.6 Å². The van der Waals surface area contributed by atoms with Crippen LogP contribution in [0.3, 0.4) is 0 Å². The van der Waals surface area contributed by atoms with Crippen LogP contribution in [0.15, 0.2) is 10.6 Å². The summed E-state index contributed by atoms with van der Waals surface area (Å²) in [7, 11) is 2.14. The van der Waals surface area contributed by atoms with Gasteiger partial charge in [-0.15, -0.1) is 0 Å². The summed E-state index contributed by atoms with van der Waals surface area (Å²) in [5.41, 5.74) is 0.975. The molecule has 0 saturated carbocycles. The predicted octanol–water partition coefficient (Wildman–Crippen LogP) is 1.15. The van der Waals surface area contributed by atoms with Crippen molar-refractivity contribution in [1.29, 1.82) is 0 Å². The smallest absolute Gasteiger partial charge is 0.414 e. The van der Waals surface area contributed by atoms with Crippen molar-refractivity contribution in [1.82, 2.24) is 10.1 Å². The molecule has 0 radical (unpaired) electrons. The number of carbonyl (C=O) groups is 2. The Morgan fingerprint density at radius 3 is 2.32 bits per heavy atom. The molecule has 0 aliphatic carbocycles. The molecule has 7 nitrogen and oxygen atoms in total. The van der Waals surface area contributed by atoms with Crippen LogP contribution in [-0.4, -0.2) is 45.8 Å². The molecule has 1 aromatic heterocycles. The first-order valence-corrected chi connectivity index (χ1v) is 5.91. The summed E-state index contributed by atoms with van der Waals surface area (Å²) in [6, 6.07) is 2.48. The Kier molecular flexibility index (Phi) is 5.05. The lowest BCUT2D eigenvalue weighted by molar-refractivity contribution is -0.159. The van der Waals surface area contributed by atoms with Crippen LogP contribution in [0.4, 0.5) is 0 Å². The maximum absolute atomic E-state index is 9.10. The highest BCUT2D eigenvalue weighted by Gasteiger charge is 2.30. The van der Waals surface area contributed by atoms with Crippen LogP contribution < -0.4 is 0 Å². The zero-order valence-electron chi connectivity index (χ0n) is 11.2. The van der Waals surface area contributed by atoms with Gasteiger partial charge in [0.1, 0.15) is 0 Å². The van der Waals surface area contributed by atoms with Crippen LogP contribution in [0.1, 0.15) is 30.8 Å². The summed E-state index contributed by atoms with van der Waals surface area (Å²) < 4.78 is 5.28. The zero-order valence-corrected chi connectivity index (χ0v) is 11.2. The summed E-state index contributed by atoms with van der Waals surface area (Å²) in [5.74, 6) is -1.87. The van der Waals surface area contributed by atoms with Crippen molar-refractivity contribution < 1.29 is 24.3 Å². The van der Waals surface area contributed by atoms with Crippen LogP contribution in [0.5, 0.6) is 0 Å². The lowest BCUT2D eigenvalue weighted by atomic mass is 10.1.